The average Bonchev–Trinajstić information content (AvgIpc) is 2.45. The molecule has 0 saturated heterocycles. The molecule has 0 saturated carbocycles. The number of rotatable bonds is 6. The molecule has 22 heavy (non-hydrogen) atoms. The molecule has 0 fully saturated rings. The summed E-state index contributed by atoms with van der Waals surface area (Å²) in [4.78, 5) is 30.1. The Kier molecular flexibility index (Phi) is 7.48. The first kappa shape index (κ1) is 17.5. The summed E-state index contributed by atoms with van der Waals surface area (Å²) < 4.78 is 0.798. The number of anilines is 1. The second-order valence-electron chi connectivity index (χ2n) is 3.76. The summed E-state index contributed by atoms with van der Waals surface area (Å²) in [6.45, 7) is 2.42. The molecule has 0 atom stereocenters. The zero-order valence-electron chi connectivity index (χ0n) is 11.8. The summed E-state index contributed by atoms with van der Waals surface area (Å²) in [6.07, 6.45) is 2.27. The summed E-state index contributed by atoms with van der Waals surface area (Å²) in [5.41, 5.74) is 3.63. The van der Waals surface area contributed by atoms with Crippen LogP contribution in [0.25, 0.3) is 0 Å². The number of hydrogen-bond donors (Lipinski definition) is 1. The first-order chi connectivity index (χ1) is 10.5. The molecule has 1 N–H and O–H groups in total. The maximum Gasteiger partial charge on any atom is 0.331 e. The number of carbonyl (C=O) groups is 2. The highest BCUT2D eigenvalue weighted by atomic mass is 79.9. The molecular weight excluding hydrogens is 356 g/mol. The van der Waals surface area contributed by atoms with Crippen LogP contribution in [0.4, 0.5) is 5.69 Å². The Labute approximate surface area is 135 Å². The number of carbonyl (C=O) groups excluding carboxylic acids is 2. The fourth-order valence-electron chi connectivity index (χ4n) is 1.08. The number of nitrogens with one attached hydrogen (secondary N) is 1. The van der Waals surface area contributed by atoms with Crippen LogP contribution in [0.1, 0.15) is 13.8 Å². The van der Waals surface area contributed by atoms with E-state index in [1.807, 2.05) is 18.2 Å². The van der Waals surface area contributed by atoms with Gasteiger partial charge in [0.15, 0.2) is 0 Å². The molecule has 0 bridgehead atoms. The maximum absolute atomic E-state index is 10.7. The summed E-state index contributed by atoms with van der Waals surface area (Å²) in [7, 11) is 0. The molecule has 8 nitrogen and oxygen atoms in total. The summed E-state index contributed by atoms with van der Waals surface area (Å²) >= 11 is 3.35. The zero-order chi connectivity index (χ0) is 16.4. The van der Waals surface area contributed by atoms with E-state index < -0.39 is 11.9 Å². The summed E-state index contributed by atoms with van der Waals surface area (Å²) in [5.74, 6) is -1.16. The number of halogens is 1. The van der Waals surface area contributed by atoms with Gasteiger partial charge < -0.3 is 9.68 Å². The monoisotopic (exact) mass is 368 g/mol. The molecule has 0 aliphatic heterocycles. The SMILES string of the molecule is CC(=O)O/N=C/C(/C=N/OC(C)=O)=NNc1ccccc1Br. The van der Waals surface area contributed by atoms with Crippen LogP contribution in [0.15, 0.2) is 44.2 Å². The molecule has 0 spiro atoms. The Balaban J connectivity index is 2.83. The number of para-hydroxylation sites is 1. The minimum Gasteiger partial charge on any atom is -0.319 e. The van der Waals surface area contributed by atoms with E-state index in [1.54, 1.807) is 6.07 Å². The van der Waals surface area contributed by atoms with Gasteiger partial charge in [0.1, 0.15) is 5.71 Å². The Bertz CT molecular complexity index is 600. The lowest BCUT2D eigenvalue weighted by atomic mass is 10.3. The number of hydrogen-bond acceptors (Lipinski definition) is 8. The predicted molar refractivity (Wildman–Crippen MR) is 85.7 cm³/mol. The lowest BCUT2D eigenvalue weighted by Gasteiger charge is -2.02. The van der Waals surface area contributed by atoms with E-state index in [2.05, 4.69) is 46.4 Å². The third kappa shape index (κ3) is 7.29. The highest BCUT2D eigenvalue weighted by Gasteiger charge is 1.98. The van der Waals surface area contributed by atoms with Crippen LogP contribution in [-0.4, -0.2) is 30.1 Å². The molecule has 0 amide bonds. The van der Waals surface area contributed by atoms with Gasteiger partial charge >= 0.3 is 11.9 Å². The highest BCUT2D eigenvalue weighted by molar-refractivity contribution is 9.10. The van der Waals surface area contributed by atoms with Crippen LogP contribution in [0.3, 0.4) is 0 Å². The lowest BCUT2D eigenvalue weighted by molar-refractivity contribution is -0.141. The van der Waals surface area contributed by atoms with Crippen molar-refractivity contribution < 1.29 is 19.3 Å². The van der Waals surface area contributed by atoms with Crippen molar-refractivity contribution in [2.45, 2.75) is 13.8 Å². The smallest absolute Gasteiger partial charge is 0.319 e. The van der Waals surface area contributed by atoms with Gasteiger partial charge in [0.2, 0.25) is 0 Å². The van der Waals surface area contributed by atoms with Crippen molar-refractivity contribution >= 4 is 51.7 Å². The minimum absolute atomic E-state index is 0.165. The first-order valence-electron chi connectivity index (χ1n) is 5.99. The third-order valence-electron chi connectivity index (χ3n) is 1.91. The zero-order valence-corrected chi connectivity index (χ0v) is 13.4. The van der Waals surface area contributed by atoms with Gasteiger partial charge in [-0.1, -0.05) is 22.4 Å². The quantitative estimate of drug-likeness (QED) is 0.471. The molecule has 0 radical (unpaired) electrons. The second kappa shape index (κ2) is 9.40. The van der Waals surface area contributed by atoms with Crippen LogP contribution in [0, 0.1) is 0 Å². The minimum atomic E-state index is -0.578. The van der Waals surface area contributed by atoms with Gasteiger partial charge in [-0.2, -0.15) is 5.10 Å². The highest BCUT2D eigenvalue weighted by Crippen LogP contribution is 2.20. The van der Waals surface area contributed by atoms with Crippen molar-refractivity contribution in [1.29, 1.82) is 0 Å². The fourth-order valence-corrected chi connectivity index (χ4v) is 1.45. The van der Waals surface area contributed by atoms with Crippen LogP contribution in [0.5, 0.6) is 0 Å². The van der Waals surface area contributed by atoms with E-state index in [4.69, 9.17) is 0 Å². The fraction of sp³-hybridized carbons (Fsp3) is 0.154. The Hall–Kier alpha value is -2.55. The maximum atomic E-state index is 10.7. The van der Waals surface area contributed by atoms with Crippen molar-refractivity contribution in [1.82, 2.24) is 0 Å². The van der Waals surface area contributed by atoms with Crippen LogP contribution < -0.4 is 5.43 Å². The molecular formula is C13H13BrN4O4. The van der Waals surface area contributed by atoms with E-state index in [9.17, 15) is 9.59 Å². The molecule has 0 unspecified atom stereocenters. The molecule has 116 valence electrons. The Morgan fingerprint density at radius 1 is 1.09 bits per heavy atom. The predicted octanol–water partition coefficient (Wildman–Crippen LogP) is 2.31. The number of nitrogens with zero attached hydrogens (tertiary/aromatic N) is 3. The first-order valence-corrected chi connectivity index (χ1v) is 6.78. The summed E-state index contributed by atoms with van der Waals surface area (Å²) in [6, 6.07) is 7.29. The number of oxime groups is 2. The van der Waals surface area contributed by atoms with Crippen molar-refractivity contribution in [3.63, 3.8) is 0 Å². The van der Waals surface area contributed by atoms with E-state index >= 15 is 0 Å². The Morgan fingerprint density at radius 2 is 1.64 bits per heavy atom. The molecule has 1 aromatic rings. The number of hydrazone groups is 1. The molecule has 9 heteroatoms. The summed E-state index contributed by atoms with van der Waals surface area (Å²) in [5, 5.41) is 10.8. The van der Waals surface area contributed by atoms with Gasteiger partial charge in [0, 0.05) is 18.3 Å². The second-order valence-corrected chi connectivity index (χ2v) is 4.62. The van der Waals surface area contributed by atoms with Crippen LogP contribution >= 0.6 is 15.9 Å². The normalized spacial score (nSPS) is 10.5. The van der Waals surface area contributed by atoms with Gasteiger partial charge in [0.05, 0.1) is 18.1 Å². The van der Waals surface area contributed by atoms with Crippen molar-refractivity contribution in [2.24, 2.45) is 15.4 Å². The van der Waals surface area contributed by atoms with Crippen molar-refractivity contribution in [2.75, 3.05) is 5.43 Å². The van der Waals surface area contributed by atoms with E-state index in [0.29, 0.717) is 5.69 Å². The number of benzene rings is 1. The molecule has 1 rings (SSSR count). The van der Waals surface area contributed by atoms with Gasteiger partial charge in [-0.05, 0) is 28.1 Å². The Morgan fingerprint density at radius 3 is 2.14 bits per heavy atom. The van der Waals surface area contributed by atoms with E-state index in [0.717, 1.165) is 16.9 Å². The van der Waals surface area contributed by atoms with Gasteiger partial charge in [-0.15, -0.1) is 0 Å². The van der Waals surface area contributed by atoms with Gasteiger partial charge in [-0.25, -0.2) is 9.59 Å². The van der Waals surface area contributed by atoms with Crippen molar-refractivity contribution in [3.8, 4) is 0 Å². The molecule has 0 aromatic heterocycles. The topological polar surface area (TPSA) is 102 Å². The molecule has 0 aliphatic rings. The third-order valence-corrected chi connectivity index (χ3v) is 2.60. The van der Waals surface area contributed by atoms with Crippen LogP contribution in [0.2, 0.25) is 0 Å². The molecule has 0 aliphatic carbocycles. The molecule has 0 heterocycles. The van der Waals surface area contributed by atoms with Gasteiger partial charge in [0.25, 0.3) is 0 Å². The van der Waals surface area contributed by atoms with Crippen LogP contribution in [-0.2, 0) is 19.3 Å². The van der Waals surface area contributed by atoms with Gasteiger partial charge in [-0.3, -0.25) is 5.43 Å². The molecule has 1 aromatic carbocycles. The standard InChI is InChI=1S/C13H13BrN4O4/c1-9(19)21-15-7-11(8-16-22-10(2)20)17-18-13-6-4-3-5-12(13)14/h3-8,18H,1-2H3/b15-7+,16-8+. The van der Waals surface area contributed by atoms with E-state index in [1.165, 1.54) is 13.8 Å². The van der Waals surface area contributed by atoms with E-state index in [-0.39, 0.29) is 5.71 Å². The average molecular weight is 369 g/mol. The van der Waals surface area contributed by atoms with Crippen molar-refractivity contribution in [3.05, 3.63) is 28.7 Å². The lowest BCUT2D eigenvalue weighted by Crippen LogP contribution is -2.08. The largest absolute Gasteiger partial charge is 0.331 e.